The van der Waals surface area contributed by atoms with E-state index in [0.29, 0.717) is 18.7 Å². The number of carbonyl (C=O) groups is 2. The number of benzene rings is 1. The first-order valence-electron chi connectivity index (χ1n) is 9.38. The molecule has 1 aliphatic carbocycles. The molecule has 0 radical (unpaired) electrons. The second-order valence-corrected chi connectivity index (χ2v) is 7.56. The summed E-state index contributed by atoms with van der Waals surface area (Å²) in [4.78, 5) is 26.9. The quantitative estimate of drug-likeness (QED) is 0.912. The van der Waals surface area contributed by atoms with Gasteiger partial charge in [-0.15, -0.1) is 0 Å². The van der Waals surface area contributed by atoms with Gasteiger partial charge in [-0.3, -0.25) is 9.59 Å². The minimum Gasteiger partial charge on any atom is -0.353 e. The third kappa shape index (κ3) is 4.59. The molecule has 2 aliphatic rings. The zero-order valence-electron chi connectivity index (χ0n) is 14.8. The maximum Gasteiger partial charge on any atom is 0.253 e. The van der Waals surface area contributed by atoms with Gasteiger partial charge in [-0.25, -0.2) is 4.39 Å². The molecule has 1 saturated heterocycles. The van der Waals surface area contributed by atoms with Crippen LogP contribution in [-0.4, -0.2) is 35.8 Å². The molecule has 0 spiro atoms. The summed E-state index contributed by atoms with van der Waals surface area (Å²) in [5, 5.41) is 3.19. The molecule has 25 heavy (non-hydrogen) atoms. The number of hydrogen-bond acceptors (Lipinski definition) is 2. The molecule has 1 N–H and O–H groups in total. The predicted octanol–water partition coefficient (Wildman–Crippen LogP) is 3.37. The summed E-state index contributed by atoms with van der Waals surface area (Å²) in [6, 6.07) is 5.89. The number of rotatable bonds is 3. The third-order valence-corrected chi connectivity index (χ3v) is 5.53. The zero-order chi connectivity index (χ0) is 17.8. The van der Waals surface area contributed by atoms with Crippen LogP contribution in [0.1, 0.15) is 55.8 Å². The van der Waals surface area contributed by atoms with Gasteiger partial charge in [0, 0.05) is 24.7 Å². The standard InChI is InChI=1S/C20H27FN2O2/c1-14-4-10-18(11-5-14)22-19(24)16-3-2-12-23(13-16)20(25)15-6-8-17(21)9-7-15/h6-9,14,16,18H,2-5,10-13H2,1H3,(H,22,24)/t14?,16-,18?/m0/s1. The molecule has 1 aliphatic heterocycles. The van der Waals surface area contributed by atoms with E-state index in [1.807, 2.05) is 0 Å². The summed E-state index contributed by atoms with van der Waals surface area (Å²) in [5.41, 5.74) is 0.476. The highest BCUT2D eigenvalue weighted by atomic mass is 19.1. The molecule has 1 aromatic rings. The Morgan fingerprint density at radius 1 is 1.08 bits per heavy atom. The Labute approximate surface area is 148 Å². The fourth-order valence-corrected chi connectivity index (χ4v) is 3.87. The number of likely N-dealkylation sites (tertiary alicyclic amines) is 1. The molecule has 5 heteroatoms. The molecule has 3 rings (SSSR count). The Morgan fingerprint density at radius 2 is 1.76 bits per heavy atom. The average Bonchev–Trinajstić information content (AvgIpc) is 2.64. The number of carbonyl (C=O) groups excluding carboxylic acids is 2. The highest BCUT2D eigenvalue weighted by Gasteiger charge is 2.30. The largest absolute Gasteiger partial charge is 0.353 e. The van der Waals surface area contributed by atoms with Crippen molar-refractivity contribution in [2.45, 2.75) is 51.5 Å². The van der Waals surface area contributed by atoms with Gasteiger partial charge in [0.15, 0.2) is 0 Å². The van der Waals surface area contributed by atoms with Crippen molar-refractivity contribution in [1.82, 2.24) is 10.2 Å². The molecule has 1 atom stereocenters. The number of amides is 2. The Bertz CT molecular complexity index is 609. The normalized spacial score (nSPS) is 27.0. The van der Waals surface area contributed by atoms with Crippen molar-refractivity contribution in [3.8, 4) is 0 Å². The van der Waals surface area contributed by atoms with Gasteiger partial charge in [0.2, 0.25) is 5.91 Å². The van der Waals surface area contributed by atoms with E-state index in [4.69, 9.17) is 0 Å². The fraction of sp³-hybridized carbons (Fsp3) is 0.600. The molecular weight excluding hydrogens is 319 g/mol. The minimum atomic E-state index is -0.353. The minimum absolute atomic E-state index is 0.0798. The lowest BCUT2D eigenvalue weighted by atomic mass is 9.87. The van der Waals surface area contributed by atoms with E-state index in [2.05, 4.69) is 12.2 Å². The summed E-state index contributed by atoms with van der Waals surface area (Å²) in [7, 11) is 0. The van der Waals surface area contributed by atoms with Gasteiger partial charge < -0.3 is 10.2 Å². The molecule has 1 saturated carbocycles. The fourth-order valence-electron chi connectivity index (χ4n) is 3.87. The number of nitrogens with one attached hydrogen (secondary N) is 1. The van der Waals surface area contributed by atoms with E-state index in [0.717, 1.165) is 31.6 Å². The van der Waals surface area contributed by atoms with Crippen LogP contribution in [0.2, 0.25) is 0 Å². The first-order valence-corrected chi connectivity index (χ1v) is 9.38. The highest BCUT2D eigenvalue weighted by molar-refractivity contribution is 5.94. The molecular formula is C20H27FN2O2. The SMILES string of the molecule is CC1CCC(NC(=O)[C@H]2CCCN(C(=O)c3ccc(F)cc3)C2)CC1. The van der Waals surface area contributed by atoms with Gasteiger partial charge in [-0.05, 0) is 68.7 Å². The summed E-state index contributed by atoms with van der Waals surface area (Å²) >= 11 is 0. The maximum absolute atomic E-state index is 13.0. The summed E-state index contributed by atoms with van der Waals surface area (Å²) < 4.78 is 13.0. The molecule has 0 bridgehead atoms. The molecule has 136 valence electrons. The molecule has 4 nitrogen and oxygen atoms in total. The van der Waals surface area contributed by atoms with Gasteiger partial charge >= 0.3 is 0 Å². The second-order valence-electron chi connectivity index (χ2n) is 7.56. The Morgan fingerprint density at radius 3 is 2.44 bits per heavy atom. The summed E-state index contributed by atoms with van der Waals surface area (Å²) in [6.07, 6.45) is 6.10. The monoisotopic (exact) mass is 346 g/mol. The van der Waals surface area contributed by atoms with Crippen LogP contribution in [0.25, 0.3) is 0 Å². The lowest BCUT2D eigenvalue weighted by Crippen LogP contribution is -2.48. The third-order valence-electron chi connectivity index (χ3n) is 5.53. The van der Waals surface area contributed by atoms with Gasteiger partial charge in [0.1, 0.15) is 5.82 Å². The smallest absolute Gasteiger partial charge is 0.253 e. The van der Waals surface area contributed by atoms with Crippen molar-refractivity contribution in [3.63, 3.8) is 0 Å². The van der Waals surface area contributed by atoms with Crippen molar-refractivity contribution in [1.29, 1.82) is 0 Å². The Kier molecular flexibility index (Phi) is 5.71. The van der Waals surface area contributed by atoms with Crippen molar-refractivity contribution >= 4 is 11.8 Å². The van der Waals surface area contributed by atoms with Crippen LogP contribution < -0.4 is 5.32 Å². The average molecular weight is 346 g/mol. The molecule has 1 aromatic carbocycles. The van der Waals surface area contributed by atoms with Crippen molar-refractivity contribution in [2.75, 3.05) is 13.1 Å². The Hall–Kier alpha value is -1.91. The van der Waals surface area contributed by atoms with Crippen LogP contribution >= 0.6 is 0 Å². The van der Waals surface area contributed by atoms with Crippen LogP contribution in [0.5, 0.6) is 0 Å². The predicted molar refractivity (Wildman–Crippen MR) is 94.6 cm³/mol. The van der Waals surface area contributed by atoms with E-state index in [1.54, 1.807) is 4.90 Å². The lowest BCUT2D eigenvalue weighted by molar-refractivity contribution is -0.127. The van der Waals surface area contributed by atoms with Crippen LogP contribution in [0, 0.1) is 17.7 Å². The van der Waals surface area contributed by atoms with Crippen molar-refractivity contribution in [2.24, 2.45) is 11.8 Å². The first-order chi connectivity index (χ1) is 12.0. The van der Waals surface area contributed by atoms with Gasteiger partial charge in [-0.2, -0.15) is 0 Å². The van der Waals surface area contributed by atoms with E-state index < -0.39 is 0 Å². The second kappa shape index (κ2) is 7.98. The highest BCUT2D eigenvalue weighted by Crippen LogP contribution is 2.25. The van der Waals surface area contributed by atoms with E-state index in [9.17, 15) is 14.0 Å². The van der Waals surface area contributed by atoms with Crippen molar-refractivity contribution in [3.05, 3.63) is 35.6 Å². The number of piperidine rings is 1. The van der Waals surface area contributed by atoms with Crippen LogP contribution in [0.4, 0.5) is 4.39 Å². The van der Waals surface area contributed by atoms with Crippen LogP contribution in [0.15, 0.2) is 24.3 Å². The Balaban J connectivity index is 1.56. The molecule has 2 fully saturated rings. The summed E-state index contributed by atoms with van der Waals surface area (Å²) in [6.45, 7) is 3.37. The number of halogens is 1. The number of hydrogen-bond donors (Lipinski definition) is 1. The van der Waals surface area contributed by atoms with E-state index >= 15 is 0 Å². The maximum atomic E-state index is 13.0. The van der Waals surface area contributed by atoms with Gasteiger partial charge in [-0.1, -0.05) is 6.92 Å². The van der Waals surface area contributed by atoms with Gasteiger partial charge in [0.25, 0.3) is 5.91 Å². The van der Waals surface area contributed by atoms with Crippen LogP contribution in [0.3, 0.4) is 0 Å². The molecule has 0 unspecified atom stereocenters. The topological polar surface area (TPSA) is 49.4 Å². The van der Waals surface area contributed by atoms with E-state index in [-0.39, 0.29) is 29.6 Å². The number of nitrogens with zero attached hydrogens (tertiary/aromatic N) is 1. The van der Waals surface area contributed by atoms with E-state index in [1.165, 1.54) is 37.1 Å². The first kappa shape index (κ1) is 17.9. The molecule has 0 aromatic heterocycles. The lowest BCUT2D eigenvalue weighted by Gasteiger charge is -2.34. The molecule has 2 amide bonds. The van der Waals surface area contributed by atoms with Crippen molar-refractivity contribution < 1.29 is 14.0 Å². The van der Waals surface area contributed by atoms with Gasteiger partial charge in [0.05, 0.1) is 5.92 Å². The summed E-state index contributed by atoms with van der Waals surface area (Å²) in [5.74, 6) is 0.221. The van der Waals surface area contributed by atoms with Crippen LogP contribution in [-0.2, 0) is 4.79 Å². The zero-order valence-corrected chi connectivity index (χ0v) is 14.8. The molecule has 1 heterocycles.